The molecule has 0 aliphatic carbocycles. The molecular formula is C22H31ClN4O2. The maximum absolute atomic E-state index is 10.4. The minimum atomic E-state index is -0.499. The van der Waals surface area contributed by atoms with E-state index in [-0.39, 0.29) is 6.61 Å². The van der Waals surface area contributed by atoms with Gasteiger partial charge in [0.1, 0.15) is 18.5 Å². The number of nitrogens with zero attached hydrogens (tertiary/aromatic N) is 3. The van der Waals surface area contributed by atoms with Gasteiger partial charge in [-0.2, -0.15) is 0 Å². The van der Waals surface area contributed by atoms with Gasteiger partial charge in [0.05, 0.1) is 5.69 Å². The van der Waals surface area contributed by atoms with Gasteiger partial charge in [-0.05, 0) is 44.1 Å². The fourth-order valence-electron chi connectivity index (χ4n) is 3.58. The lowest BCUT2D eigenvalue weighted by molar-refractivity contribution is 0.0690. The van der Waals surface area contributed by atoms with Gasteiger partial charge >= 0.3 is 0 Å². The van der Waals surface area contributed by atoms with Crippen LogP contribution >= 0.6 is 11.6 Å². The van der Waals surface area contributed by atoms with Crippen molar-refractivity contribution in [3.05, 3.63) is 53.1 Å². The van der Waals surface area contributed by atoms with Crippen LogP contribution in [0.4, 0.5) is 0 Å². The molecule has 1 fully saturated rings. The van der Waals surface area contributed by atoms with Crippen LogP contribution in [0.2, 0.25) is 5.02 Å². The average Bonchev–Trinajstić information content (AvgIpc) is 3.00. The Morgan fingerprint density at radius 3 is 2.76 bits per heavy atom. The van der Waals surface area contributed by atoms with E-state index < -0.39 is 6.10 Å². The predicted octanol–water partition coefficient (Wildman–Crippen LogP) is 3.08. The number of hydrogen-bond acceptors (Lipinski definition) is 6. The van der Waals surface area contributed by atoms with E-state index in [2.05, 4.69) is 20.2 Å². The standard InChI is InChI=1S/C22H31ClN4O2/c23-19-5-6-22(29-17-21(28)16-27-11-3-1-2-4-12-27)18(13-19)14-24-8-7-20-15-25-9-10-26-20/h5-6,9-10,13,15,21,24,28H,1-4,7-8,11-12,14,16-17H2/t21-/m0/s1. The summed E-state index contributed by atoms with van der Waals surface area (Å²) in [6, 6.07) is 5.61. The molecule has 1 atom stereocenters. The number of ether oxygens (including phenoxy) is 1. The Balaban J connectivity index is 1.46. The Hall–Kier alpha value is -1.73. The molecule has 1 aliphatic heterocycles. The summed E-state index contributed by atoms with van der Waals surface area (Å²) in [6.07, 6.45) is 10.5. The molecule has 6 nitrogen and oxygen atoms in total. The fourth-order valence-corrected chi connectivity index (χ4v) is 3.78. The minimum Gasteiger partial charge on any atom is -0.491 e. The molecule has 158 valence electrons. The smallest absolute Gasteiger partial charge is 0.124 e. The van der Waals surface area contributed by atoms with E-state index in [1.54, 1.807) is 18.6 Å². The highest BCUT2D eigenvalue weighted by Crippen LogP contribution is 2.23. The zero-order valence-corrected chi connectivity index (χ0v) is 17.7. The lowest BCUT2D eigenvalue weighted by Crippen LogP contribution is -2.36. The monoisotopic (exact) mass is 418 g/mol. The molecule has 1 aromatic heterocycles. The molecule has 2 heterocycles. The van der Waals surface area contributed by atoms with Crippen molar-refractivity contribution in [3.63, 3.8) is 0 Å². The number of benzene rings is 1. The van der Waals surface area contributed by atoms with Crippen molar-refractivity contribution in [2.24, 2.45) is 0 Å². The third kappa shape index (κ3) is 7.90. The number of rotatable bonds is 10. The second-order valence-corrected chi connectivity index (χ2v) is 7.99. The first-order valence-corrected chi connectivity index (χ1v) is 10.9. The largest absolute Gasteiger partial charge is 0.491 e. The molecular weight excluding hydrogens is 388 g/mol. The van der Waals surface area contributed by atoms with E-state index in [9.17, 15) is 5.11 Å². The molecule has 1 saturated heterocycles. The van der Waals surface area contributed by atoms with Gasteiger partial charge in [0.15, 0.2) is 0 Å². The fraction of sp³-hybridized carbons (Fsp3) is 0.545. The van der Waals surface area contributed by atoms with Crippen molar-refractivity contribution < 1.29 is 9.84 Å². The maximum atomic E-state index is 10.4. The normalized spacial score (nSPS) is 16.3. The maximum Gasteiger partial charge on any atom is 0.124 e. The molecule has 7 heteroatoms. The van der Waals surface area contributed by atoms with Gasteiger partial charge in [-0.15, -0.1) is 0 Å². The summed E-state index contributed by atoms with van der Waals surface area (Å²) >= 11 is 6.17. The number of hydrogen-bond donors (Lipinski definition) is 2. The molecule has 2 aromatic rings. The van der Waals surface area contributed by atoms with Crippen LogP contribution in [0.15, 0.2) is 36.8 Å². The summed E-state index contributed by atoms with van der Waals surface area (Å²) in [5, 5.41) is 14.5. The van der Waals surface area contributed by atoms with Gasteiger partial charge < -0.3 is 20.1 Å². The molecule has 1 aliphatic rings. The number of halogens is 1. The summed E-state index contributed by atoms with van der Waals surface area (Å²) in [4.78, 5) is 10.7. The summed E-state index contributed by atoms with van der Waals surface area (Å²) in [6.45, 7) is 4.50. The van der Waals surface area contributed by atoms with Crippen LogP contribution in [0.3, 0.4) is 0 Å². The molecule has 0 radical (unpaired) electrons. The molecule has 3 rings (SSSR count). The Labute approximate surface area is 178 Å². The van der Waals surface area contributed by atoms with Crippen molar-refractivity contribution in [1.82, 2.24) is 20.2 Å². The van der Waals surface area contributed by atoms with Crippen molar-refractivity contribution >= 4 is 11.6 Å². The average molecular weight is 419 g/mol. The predicted molar refractivity (Wildman–Crippen MR) is 115 cm³/mol. The number of likely N-dealkylation sites (tertiary alicyclic amines) is 1. The van der Waals surface area contributed by atoms with E-state index in [0.29, 0.717) is 18.1 Å². The van der Waals surface area contributed by atoms with Crippen LogP contribution in [0.25, 0.3) is 0 Å². The number of aliphatic hydroxyl groups excluding tert-OH is 1. The molecule has 0 saturated carbocycles. The van der Waals surface area contributed by atoms with Crippen molar-refractivity contribution in [2.75, 3.05) is 32.8 Å². The van der Waals surface area contributed by atoms with Gasteiger partial charge in [0.2, 0.25) is 0 Å². The third-order valence-corrected chi connectivity index (χ3v) is 5.35. The molecule has 0 bridgehead atoms. The van der Waals surface area contributed by atoms with E-state index >= 15 is 0 Å². The van der Waals surface area contributed by atoms with Crippen molar-refractivity contribution in [3.8, 4) is 5.75 Å². The first kappa shape index (κ1) is 22.0. The highest BCUT2D eigenvalue weighted by molar-refractivity contribution is 6.30. The Morgan fingerprint density at radius 2 is 2.00 bits per heavy atom. The molecule has 1 aromatic carbocycles. The Bertz CT molecular complexity index is 724. The van der Waals surface area contributed by atoms with Gasteiger partial charge in [0.25, 0.3) is 0 Å². The van der Waals surface area contributed by atoms with E-state index in [1.165, 1.54) is 25.7 Å². The van der Waals surface area contributed by atoms with Gasteiger partial charge in [-0.1, -0.05) is 24.4 Å². The van der Waals surface area contributed by atoms with Gasteiger partial charge in [-0.25, -0.2) is 0 Å². The zero-order valence-electron chi connectivity index (χ0n) is 16.9. The van der Waals surface area contributed by atoms with E-state index in [1.807, 2.05) is 18.2 Å². The summed E-state index contributed by atoms with van der Waals surface area (Å²) in [7, 11) is 0. The Morgan fingerprint density at radius 1 is 1.17 bits per heavy atom. The zero-order chi connectivity index (χ0) is 20.3. The number of β-amino-alcohol motifs (C(OH)–C–C–N with tert-alkyl or cyclic N) is 1. The highest BCUT2D eigenvalue weighted by atomic mass is 35.5. The molecule has 0 spiro atoms. The number of aromatic nitrogens is 2. The number of nitrogens with one attached hydrogen (secondary N) is 1. The van der Waals surface area contributed by atoms with Crippen LogP contribution in [0, 0.1) is 0 Å². The van der Waals surface area contributed by atoms with Crippen LogP contribution in [-0.2, 0) is 13.0 Å². The van der Waals surface area contributed by atoms with Crippen molar-refractivity contribution in [1.29, 1.82) is 0 Å². The van der Waals surface area contributed by atoms with Crippen molar-refractivity contribution in [2.45, 2.75) is 44.8 Å². The summed E-state index contributed by atoms with van der Waals surface area (Å²) in [5.41, 5.74) is 1.94. The van der Waals surface area contributed by atoms with Crippen LogP contribution in [0.5, 0.6) is 5.75 Å². The van der Waals surface area contributed by atoms with Gasteiger partial charge in [-0.3, -0.25) is 9.97 Å². The number of aliphatic hydroxyl groups is 1. The van der Waals surface area contributed by atoms with Crippen LogP contribution < -0.4 is 10.1 Å². The molecule has 2 N–H and O–H groups in total. The first-order valence-electron chi connectivity index (χ1n) is 10.5. The van der Waals surface area contributed by atoms with Crippen LogP contribution in [0.1, 0.15) is 36.9 Å². The minimum absolute atomic E-state index is 0.282. The highest BCUT2D eigenvalue weighted by Gasteiger charge is 2.15. The van der Waals surface area contributed by atoms with Crippen LogP contribution in [-0.4, -0.2) is 58.9 Å². The van der Waals surface area contributed by atoms with E-state index in [4.69, 9.17) is 16.3 Å². The lowest BCUT2D eigenvalue weighted by atomic mass is 10.2. The summed E-state index contributed by atoms with van der Waals surface area (Å²) < 4.78 is 5.94. The summed E-state index contributed by atoms with van der Waals surface area (Å²) in [5.74, 6) is 0.760. The Kier molecular flexibility index (Phi) is 9.15. The SMILES string of the molecule is O[C@H](COc1ccc(Cl)cc1CNCCc1cnccn1)CN1CCCCCC1. The third-order valence-electron chi connectivity index (χ3n) is 5.11. The molecule has 29 heavy (non-hydrogen) atoms. The van der Waals surface area contributed by atoms with E-state index in [0.717, 1.165) is 43.1 Å². The second-order valence-electron chi connectivity index (χ2n) is 7.56. The van der Waals surface area contributed by atoms with Gasteiger partial charge in [0, 0.05) is 55.2 Å². The molecule has 0 unspecified atom stereocenters. The second kappa shape index (κ2) is 12.1. The molecule has 0 amide bonds. The topological polar surface area (TPSA) is 70.5 Å². The quantitative estimate of drug-likeness (QED) is 0.578. The lowest BCUT2D eigenvalue weighted by Gasteiger charge is -2.23. The first-order chi connectivity index (χ1) is 14.2.